The minimum atomic E-state index is -1.23. The molecule has 5 heteroatoms. The van der Waals surface area contributed by atoms with Crippen LogP contribution >= 0.6 is 0 Å². The molecule has 0 saturated heterocycles. The van der Waals surface area contributed by atoms with Crippen LogP contribution in [-0.4, -0.2) is 5.91 Å². The van der Waals surface area contributed by atoms with Gasteiger partial charge in [-0.25, -0.2) is 4.39 Å². The minimum Gasteiger partial charge on any atom is -0.471 e. The van der Waals surface area contributed by atoms with Crippen LogP contribution in [-0.2, 0) is 10.4 Å². The predicted molar refractivity (Wildman–Crippen MR) is 98.8 cm³/mol. The fourth-order valence-corrected chi connectivity index (χ4v) is 3.17. The average Bonchev–Trinajstić information content (AvgIpc) is 2.65. The molecule has 26 heavy (non-hydrogen) atoms. The summed E-state index contributed by atoms with van der Waals surface area (Å²) in [5.41, 5.74) is 7.09. The molecule has 2 N–H and O–H groups in total. The van der Waals surface area contributed by atoms with E-state index in [0.29, 0.717) is 22.8 Å². The van der Waals surface area contributed by atoms with Crippen LogP contribution in [0.15, 0.2) is 72.8 Å². The number of carbonyl (C=O) groups excluding carboxylic acids is 1. The Hall–Kier alpha value is -3.34. The lowest BCUT2D eigenvalue weighted by atomic mass is 9.91. The summed E-state index contributed by atoms with van der Waals surface area (Å²) in [5, 5.41) is 0. The molecule has 1 amide bonds. The standard InChI is InChI=1S/C21H17FN2O2/c1-21(14-5-3-2-4-6-14)20(25)24(17-10-7-15(22)8-11-17)18-12-9-16(23)13-19(18)26-21/h2-13H,23H2,1H3. The van der Waals surface area contributed by atoms with Gasteiger partial charge in [-0.2, -0.15) is 0 Å². The Morgan fingerprint density at radius 3 is 2.38 bits per heavy atom. The first-order valence-electron chi connectivity index (χ1n) is 8.23. The monoisotopic (exact) mass is 348 g/mol. The molecule has 0 saturated carbocycles. The largest absolute Gasteiger partial charge is 0.471 e. The summed E-state index contributed by atoms with van der Waals surface area (Å²) >= 11 is 0. The van der Waals surface area contributed by atoms with Crippen LogP contribution in [0.3, 0.4) is 0 Å². The molecule has 0 radical (unpaired) electrons. The van der Waals surface area contributed by atoms with E-state index in [2.05, 4.69) is 0 Å². The molecular weight excluding hydrogens is 331 g/mol. The molecule has 0 bridgehead atoms. The average molecular weight is 348 g/mol. The maximum Gasteiger partial charge on any atom is 0.280 e. The summed E-state index contributed by atoms with van der Waals surface area (Å²) in [6.45, 7) is 1.73. The number of benzene rings is 3. The number of rotatable bonds is 2. The van der Waals surface area contributed by atoms with Crippen molar-refractivity contribution in [2.24, 2.45) is 0 Å². The molecule has 1 unspecified atom stereocenters. The molecule has 4 nitrogen and oxygen atoms in total. The molecule has 0 spiro atoms. The van der Waals surface area contributed by atoms with Gasteiger partial charge >= 0.3 is 0 Å². The minimum absolute atomic E-state index is 0.257. The van der Waals surface area contributed by atoms with Gasteiger partial charge in [0.2, 0.25) is 5.60 Å². The van der Waals surface area contributed by atoms with Gasteiger partial charge in [-0.3, -0.25) is 9.69 Å². The number of nitrogen functional groups attached to an aromatic ring is 1. The Morgan fingerprint density at radius 2 is 1.69 bits per heavy atom. The molecule has 1 heterocycles. The summed E-state index contributed by atoms with van der Waals surface area (Å²) in [7, 11) is 0. The van der Waals surface area contributed by atoms with Crippen molar-refractivity contribution >= 4 is 23.0 Å². The fraction of sp³-hybridized carbons (Fsp3) is 0.0952. The molecule has 0 aromatic heterocycles. The van der Waals surface area contributed by atoms with Crippen LogP contribution in [0.2, 0.25) is 0 Å². The first-order chi connectivity index (χ1) is 12.5. The van der Waals surface area contributed by atoms with Gasteiger partial charge < -0.3 is 10.5 Å². The van der Waals surface area contributed by atoms with Crippen molar-refractivity contribution < 1.29 is 13.9 Å². The molecule has 130 valence electrons. The Labute approximate surface area is 150 Å². The molecule has 3 aromatic carbocycles. The van der Waals surface area contributed by atoms with Gasteiger partial charge in [0, 0.05) is 23.0 Å². The Balaban J connectivity index is 1.92. The van der Waals surface area contributed by atoms with Crippen molar-refractivity contribution in [1.29, 1.82) is 0 Å². The zero-order chi connectivity index (χ0) is 18.3. The third-order valence-electron chi connectivity index (χ3n) is 4.56. The quantitative estimate of drug-likeness (QED) is 0.699. The summed E-state index contributed by atoms with van der Waals surface area (Å²) in [6.07, 6.45) is 0. The van der Waals surface area contributed by atoms with Crippen molar-refractivity contribution in [3.63, 3.8) is 0 Å². The molecule has 1 aliphatic heterocycles. The molecule has 3 aromatic rings. The number of nitrogens with zero attached hydrogens (tertiary/aromatic N) is 1. The van der Waals surface area contributed by atoms with E-state index in [0.717, 1.165) is 5.56 Å². The smallest absolute Gasteiger partial charge is 0.280 e. The molecule has 4 rings (SSSR count). The number of anilines is 3. The Morgan fingerprint density at radius 1 is 1.00 bits per heavy atom. The number of amides is 1. The lowest BCUT2D eigenvalue weighted by Gasteiger charge is -2.41. The van der Waals surface area contributed by atoms with E-state index in [1.54, 1.807) is 42.2 Å². The number of hydrogen-bond donors (Lipinski definition) is 1. The maximum atomic E-state index is 13.5. The Kier molecular flexibility index (Phi) is 3.65. The highest BCUT2D eigenvalue weighted by Gasteiger charge is 2.46. The van der Waals surface area contributed by atoms with Crippen LogP contribution in [0, 0.1) is 5.82 Å². The molecule has 0 aliphatic carbocycles. The van der Waals surface area contributed by atoms with Crippen molar-refractivity contribution in [1.82, 2.24) is 0 Å². The molecule has 1 atom stereocenters. The predicted octanol–water partition coefficient (Wildman–Crippen LogP) is 4.38. The van der Waals surface area contributed by atoms with Crippen molar-refractivity contribution in [2.75, 3.05) is 10.6 Å². The maximum absolute atomic E-state index is 13.5. The van der Waals surface area contributed by atoms with Crippen LogP contribution in [0.5, 0.6) is 5.75 Å². The van der Waals surface area contributed by atoms with E-state index in [1.165, 1.54) is 12.1 Å². The van der Waals surface area contributed by atoms with Crippen LogP contribution < -0.4 is 15.4 Å². The van der Waals surface area contributed by atoms with E-state index in [9.17, 15) is 9.18 Å². The van der Waals surface area contributed by atoms with Crippen LogP contribution in [0.1, 0.15) is 12.5 Å². The second kappa shape index (κ2) is 5.88. The van der Waals surface area contributed by atoms with Gasteiger partial charge in [-0.05, 0) is 43.3 Å². The lowest BCUT2D eigenvalue weighted by Crippen LogP contribution is -2.50. The number of nitrogens with two attached hydrogens (primary N) is 1. The highest BCUT2D eigenvalue weighted by molar-refractivity contribution is 6.08. The first kappa shape index (κ1) is 16.1. The van der Waals surface area contributed by atoms with Gasteiger partial charge in [-0.15, -0.1) is 0 Å². The third-order valence-corrected chi connectivity index (χ3v) is 4.56. The fourth-order valence-electron chi connectivity index (χ4n) is 3.17. The normalized spacial score (nSPS) is 19.0. The second-order valence-corrected chi connectivity index (χ2v) is 6.35. The number of fused-ring (bicyclic) bond motifs is 1. The lowest BCUT2D eigenvalue weighted by molar-refractivity contribution is -0.134. The van der Waals surface area contributed by atoms with E-state index in [1.807, 2.05) is 30.3 Å². The highest BCUT2D eigenvalue weighted by Crippen LogP contribution is 2.46. The summed E-state index contributed by atoms with van der Waals surface area (Å²) < 4.78 is 19.5. The van der Waals surface area contributed by atoms with Crippen LogP contribution in [0.25, 0.3) is 0 Å². The number of hydrogen-bond acceptors (Lipinski definition) is 3. The van der Waals surface area contributed by atoms with E-state index in [4.69, 9.17) is 10.5 Å². The van der Waals surface area contributed by atoms with Gasteiger partial charge in [0.25, 0.3) is 5.91 Å². The van der Waals surface area contributed by atoms with Gasteiger partial charge in [0.05, 0.1) is 5.69 Å². The topological polar surface area (TPSA) is 55.6 Å². The first-order valence-corrected chi connectivity index (χ1v) is 8.23. The van der Waals surface area contributed by atoms with Crippen LogP contribution in [0.4, 0.5) is 21.5 Å². The Bertz CT molecular complexity index is 973. The number of carbonyl (C=O) groups is 1. The van der Waals surface area contributed by atoms with E-state index < -0.39 is 5.60 Å². The molecular formula is C21H17FN2O2. The van der Waals surface area contributed by atoms with Crippen molar-refractivity contribution in [3.8, 4) is 5.75 Å². The summed E-state index contributed by atoms with van der Waals surface area (Å²) in [4.78, 5) is 15.0. The van der Waals surface area contributed by atoms with Crippen molar-refractivity contribution in [3.05, 3.63) is 84.2 Å². The zero-order valence-electron chi connectivity index (χ0n) is 14.1. The van der Waals surface area contributed by atoms with Gasteiger partial charge in [0.15, 0.2) is 0 Å². The summed E-state index contributed by atoms with van der Waals surface area (Å²) in [5.74, 6) is -0.120. The van der Waals surface area contributed by atoms with Gasteiger partial charge in [-0.1, -0.05) is 30.3 Å². The molecule has 0 fully saturated rings. The molecule has 1 aliphatic rings. The zero-order valence-corrected chi connectivity index (χ0v) is 14.1. The van der Waals surface area contributed by atoms with Gasteiger partial charge in [0.1, 0.15) is 11.6 Å². The number of halogens is 1. The summed E-state index contributed by atoms with van der Waals surface area (Å²) in [6, 6.07) is 20.2. The van der Waals surface area contributed by atoms with E-state index in [-0.39, 0.29) is 11.7 Å². The third kappa shape index (κ3) is 2.49. The van der Waals surface area contributed by atoms with E-state index >= 15 is 0 Å². The second-order valence-electron chi connectivity index (χ2n) is 6.35. The number of ether oxygens (including phenoxy) is 1. The van der Waals surface area contributed by atoms with Crippen molar-refractivity contribution in [2.45, 2.75) is 12.5 Å². The SMILES string of the molecule is CC1(c2ccccc2)Oc2cc(N)ccc2N(c2ccc(F)cc2)C1=O. The highest BCUT2D eigenvalue weighted by atomic mass is 19.1.